The number of ether oxygens (including phenoxy) is 2. The standard InChI is InChI=1S/C15H22N2O2.C10H14N2O/c1-15(2,3)14(18)17-13-6-4-5-12(16-13)10-19-9-11-7-8-11;11-10-3-1-2-9(12-10)7-13-6-8-4-5-8/h4-6,11H,7-10H2,1-3H3,(H,16,17,18);1-3,8H,4-7H2,(H2,11,12). The van der Waals surface area contributed by atoms with Crippen molar-refractivity contribution in [2.24, 2.45) is 17.3 Å². The highest BCUT2D eigenvalue weighted by Gasteiger charge is 2.23. The fourth-order valence-electron chi connectivity index (χ4n) is 2.74. The van der Waals surface area contributed by atoms with Gasteiger partial charge in [0.05, 0.1) is 24.6 Å². The second-order valence-electron chi connectivity index (χ2n) is 9.69. The maximum absolute atomic E-state index is 11.9. The third kappa shape index (κ3) is 9.32. The highest BCUT2D eigenvalue weighted by molar-refractivity contribution is 5.93. The maximum Gasteiger partial charge on any atom is 0.230 e. The van der Waals surface area contributed by atoms with Crippen LogP contribution in [0, 0.1) is 17.3 Å². The number of aromatic nitrogens is 2. The molecule has 174 valence electrons. The first kappa shape index (κ1) is 24.1. The first-order chi connectivity index (χ1) is 15.3. The van der Waals surface area contributed by atoms with Crippen molar-refractivity contribution in [2.45, 2.75) is 59.7 Å². The zero-order chi connectivity index (χ0) is 23.0. The van der Waals surface area contributed by atoms with E-state index in [1.165, 1.54) is 25.7 Å². The van der Waals surface area contributed by atoms with Crippen molar-refractivity contribution in [1.29, 1.82) is 0 Å². The molecule has 2 saturated carbocycles. The van der Waals surface area contributed by atoms with E-state index in [9.17, 15) is 4.79 Å². The fraction of sp³-hybridized carbons (Fsp3) is 0.560. The molecule has 3 N–H and O–H groups in total. The van der Waals surface area contributed by atoms with Gasteiger partial charge in [-0.05, 0) is 61.8 Å². The molecule has 0 spiro atoms. The van der Waals surface area contributed by atoms with Crippen molar-refractivity contribution in [2.75, 3.05) is 24.3 Å². The number of carbonyl (C=O) groups is 1. The quantitative estimate of drug-likeness (QED) is 0.592. The molecule has 2 heterocycles. The molecule has 0 unspecified atom stereocenters. The molecule has 0 radical (unpaired) electrons. The predicted octanol–water partition coefficient (Wildman–Crippen LogP) is 4.58. The molecule has 7 nitrogen and oxygen atoms in total. The summed E-state index contributed by atoms with van der Waals surface area (Å²) in [6.45, 7) is 8.43. The zero-order valence-electron chi connectivity index (χ0n) is 19.5. The average molecular weight is 441 g/mol. The van der Waals surface area contributed by atoms with Crippen LogP contribution in [-0.4, -0.2) is 29.1 Å². The summed E-state index contributed by atoms with van der Waals surface area (Å²) >= 11 is 0. The Morgan fingerprint density at radius 2 is 1.47 bits per heavy atom. The smallest absolute Gasteiger partial charge is 0.230 e. The van der Waals surface area contributed by atoms with Gasteiger partial charge < -0.3 is 20.5 Å². The van der Waals surface area contributed by atoms with Crippen LogP contribution in [0.3, 0.4) is 0 Å². The highest BCUT2D eigenvalue weighted by atomic mass is 16.5. The second kappa shape index (κ2) is 11.4. The van der Waals surface area contributed by atoms with Gasteiger partial charge in [0.15, 0.2) is 0 Å². The minimum absolute atomic E-state index is 0.0314. The van der Waals surface area contributed by atoms with Crippen molar-refractivity contribution in [3.8, 4) is 0 Å². The summed E-state index contributed by atoms with van der Waals surface area (Å²) in [7, 11) is 0. The van der Waals surface area contributed by atoms with E-state index in [0.717, 1.165) is 36.4 Å². The van der Waals surface area contributed by atoms with Crippen molar-refractivity contribution < 1.29 is 14.3 Å². The molecule has 1 amide bonds. The van der Waals surface area contributed by atoms with Crippen LogP contribution in [0.5, 0.6) is 0 Å². The molecule has 0 atom stereocenters. The molecular formula is C25H36N4O3. The number of hydrogen-bond donors (Lipinski definition) is 2. The number of nitrogens with two attached hydrogens (primary N) is 1. The van der Waals surface area contributed by atoms with Crippen LogP contribution in [0.25, 0.3) is 0 Å². The third-order valence-electron chi connectivity index (χ3n) is 5.16. The molecular weight excluding hydrogens is 404 g/mol. The fourth-order valence-corrected chi connectivity index (χ4v) is 2.74. The molecule has 4 rings (SSSR count). The van der Waals surface area contributed by atoms with E-state index in [1.807, 2.05) is 45.0 Å². The molecule has 2 aliphatic rings. The van der Waals surface area contributed by atoms with Gasteiger partial charge in [-0.15, -0.1) is 0 Å². The lowest BCUT2D eigenvalue weighted by molar-refractivity contribution is -0.123. The number of pyridine rings is 2. The molecule has 7 heteroatoms. The van der Waals surface area contributed by atoms with Crippen molar-refractivity contribution >= 4 is 17.5 Å². The topological polar surface area (TPSA) is 99.4 Å². The number of nitrogens with zero attached hydrogens (tertiary/aromatic N) is 2. The summed E-state index contributed by atoms with van der Waals surface area (Å²) in [4.78, 5) is 20.4. The Bertz CT molecular complexity index is 873. The molecule has 2 fully saturated rings. The van der Waals surface area contributed by atoms with Crippen LogP contribution in [0.2, 0.25) is 0 Å². The Morgan fingerprint density at radius 1 is 0.938 bits per heavy atom. The lowest BCUT2D eigenvalue weighted by atomic mass is 9.96. The van der Waals surface area contributed by atoms with Gasteiger partial charge in [0, 0.05) is 18.6 Å². The molecule has 0 saturated heterocycles. The number of carbonyl (C=O) groups excluding carboxylic acids is 1. The van der Waals surface area contributed by atoms with Crippen LogP contribution in [0.1, 0.15) is 57.8 Å². The number of anilines is 2. The summed E-state index contributed by atoms with van der Waals surface area (Å²) in [5.74, 6) is 2.68. The van der Waals surface area contributed by atoms with E-state index in [1.54, 1.807) is 12.1 Å². The Labute approximate surface area is 191 Å². The van der Waals surface area contributed by atoms with Crippen LogP contribution >= 0.6 is 0 Å². The Balaban J connectivity index is 0.000000193. The number of hydrogen-bond acceptors (Lipinski definition) is 6. The summed E-state index contributed by atoms with van der Waals surface area (Å²) in [6, 6.07) is 11.2. The molecule has 0 aromatic carbocycles. The van der Waals surface area contributed by atoms with Gasteiger partial charge in [-0.25, -0.2) is 9.97 Å². The molecule has 32 heavy (non-hydrogen) atoms. The summed E-state index contributed by atoms with van der Waals surface area (Å²) < 4.78 is 11.1. The normalized spacial score (nSPS) is 15.6. The molecule has 0 aliphatic heterocycles. The number of nitrogens with one attached hydrogen (secondary N) is 1. The van der Waals surface area contributed by atoms with E-state index in [0.29, 0.717) is 24.8 Å². The maximum atomic E-state index is 11.9. The average Bonchev–Trinajstić information content (AvgIpc) is 3.64. The Hall–Kier alpha value is -2.51. The highest BCUT2D eigenvalue weighted by Crippen LogP contribution is 2.29. The molecule has 2 aromatic heterocycles. The van der Waals surface area contributed by atoms with Gasteiger partial charge in [0.25, 0.3) is 0 Å². The van der Waals surface area contributed by atoms with Gasteiger partial charge in [-0.1, -0.05) is 32.9 Å². The minimum Gasteiger partial charge on any atom is -0.384 e. The Kier molecular flexibility index (Phi) is 8.59. The van der Waals surface area contributed by atoms with Gasteiger partial charge in [0.2, 0.25) is 5.91 Å². The van der Waals surface area contributed by atoms with Crippen LogP contribution in [0.4, 0.5) is 11.6 Å². The van der Waals surface area contributed by atoms with Crippen LogP contribution in [0.15, 0.2) is 36.4 Å². The summed E-state index contributed by atoms with van der Waals surface area (Å²) in [5.41, 5.74) is 6.89. The van der Waals surface area contributed by atoms with Crippen molar-refractivity contribution in [3.63, 3.8) is 0 Å². The zero-order valence-corrected chi connectivity index (χ0v) is 19.5. The third-order valence-corrected chi connectivity index (χ3v) is 5.16. The van der Waals surface area contributed by atoms with E-state index >= 15 is 0 Å². The summed E-state index contributed by atoms with van der Waals surface area (Å²) in [5, 5.41) is 2.83. The molecule has 2 aliphatic carbocycles. The SMILES string of the molecule is CC(C)(C)C(=O)Nc1cccc(COCC2CC2)n1.Nc1cccc(COCC2CC2)n1. The van der Waals surface area contributed by atoms with E-state index < -0.39 is 5.41 Å². The predicted molar refractivity (Wildman–Crippen MR) is 126 cm³/mol. The van der Waals surface area contributed by atoms with Crippen LogP contribution in [-0.2, 0) is 27.5 Å². The van der Waals surface area contributed by atoms with Gasteiger partial charge in [-0.3, -0.25) is 4.79 Å². The number of rotatable bonds is 9. The number of amides is 1. The second-order valence-corrected chi connectivity index (χ2v) is 9.69. The molecule has 0 bridgehead atoms. The minimum atomic E-state index is -0.417. The lowest BCUT2D eigenvalue weighted by Crippen LogP contribution is -2.28. The first-order valence-electron chi connectivity index (χ1n) is 11.4. The van der Waals surface area contributed by atoms with Gasteiger partial charge >= 0.3 is 0 Å². The monoisotopic (exact) mass is 440 g/mol. The Morgan fingerprint density at radius 3 is 1.97 bits per heavy atom. The first-order valence-corrected chi connectivity index (χ1v) is 11.4. The van der Waals surface area contributed by atoms with Crippen LogP contribution < -0.4 is 11.1 Å². The summed E-state index contributed by atoms with van der Waals surface area (Å²) in [6.07, 6.45) is 5.22. The van der Waals surface area contributed by atoms with E-state index in [4.69, 9.17) is 15.2 Å². The lowest BCUT2D eigenvalue weighted by Gasteiger charge is -2.17. The number of nitrogen functional groups attached to an aromatic ring is 1. The van der Waals surface area contributed by atoms with Crippen molar-refractivity contribution in [1.82, 2.24) is 9.97 Å². The van der Waals surface area contributed by atoms with E-state index in [2.05, 4.69) is 15.3 Å². The van der Waals surface area contributed by atoms with Gasteiger partial charge in [-0.2, -0.15) is 0 Å². The largest absolute Gasteiger partial charge is 0.384 e. The van der Waals surface area contributed by atoms with E-state index in [-0.39, 0.29) is 5.91 Å². The van der Waals surface area contributed by atoms with Gasteiger partial charge in [0.1, 0.15) is 11.6 Å². The van der Waals surface area contributed by atoms with Crippen molar-refractivity contribution in [3.05, 3.63) is 47.8 Å². The molecule has 2 aromatic rings.